The number of nitrogens with one attached hydrogen (secondary N) is 4. The van der Waals surface area contributed by atoms with Gasteiger partial charge in [0.2, 0.25) is 17.7 Å². The number of benzene rings is 1. The maximum Gasteiger partial charge on any atom is 0.312 e. The number of hydrogen-bond acceptors (Lipinski definition) is 8. The van der Waals surface area contributed by atoms with E-state index in [0.29, 0.717) is 24.1 Å². The van der Waals surface area contributed by atoms with E-state index in [1.54, 1.807) is 24.3 Å². The fourth-order valence-electron chi connectivity index (χ4n) is 4.18. The van der Waals surface area contributed by atoms with Crippen molar-refractivity contribution in [1.82, 2.24) is 20.9 Å². The van der Waals surface area contributed by atoms with E-state index in [4.69, 9.17) is 10.5 Å². The lowest BCUT2D eigenvalue weighted by atomic mass is 9.67. The number of carbonyl (C=O) groups excluding carboxylic acids is 7. The molecule has 0 radical (unpaired) electrons. The second-order valence-electron chi connectivity index (χ2n) is 9.46. The molecule has 1 aliphatic carbocycles. The minimum absolute atomic E-state index is 0.0792. The number of esters is 1. The second-order valence-corrected chi connectivity index (χ2v) is 9.46. The van der Waals surface area contributed by atoms with E-state index in [0.717, 1.165) is 17.1 Å². The third kappa shape index (κ3) is 7.65. The van der Waals surface area contributed by atoms with Crippen LogP contribution < -0.4 is 27.0 Å². The number of nitrogens with two attached hydrogens (primary N) is 1. The molecule has 0 unspecified atom stereocenters. The molecule has 3 rings (SSSR count). The van der Waals surface area contributed by atoms with Crippen molar-refractivity contribution in [1.29, 1.82) is 0 Å². The van der Waals surface area contributed by atoms with Gasteiger partial charge in [-0.1, -0.05) is 18.6 Å². The van der Waals surface area contributed by atoms with Crippen LogP contribution in [0.25, 0.3) is 0 Å². The lowest BCUT2D eigenvalue weighted by molar-refractivity contribution is -0.151. The van der Waals surface area contributed by atoms with Crippen LogP contribution in [0.1, 0.15) is 44.6 Å². The van der Waals surface area contributed by atoms with Gasteiger partial charge in [-0.25, -0.2) is 4.79 Å². The summed E-state index contributed by atoms with van der Waals surface area (Å²) < 4.78 is 4.94. The van der Waals surface area contributed by atoms with Gasteiger partial charge in [-0.2, -0.15) is 0 Å². The lowest BCUT2D eigenvalue weighted by Gasteiger charge is -2.39. The van der Waals surface area contributed by atoms with Crippen LogP contribution in [-0.4, -0.2) is 65.7 Å². The van der Waals surface area contributed by atoms with Crippen molar-refractivity contribution < 1.29 is 38.3 Å². The van der Waals surface area contributed by atoms with E-state index in [1.807, 2.05) is 0 Å². The third-order valence-electron chi connectivity index (χ3n) is 6.63. The van der Waals surface area contributed by atoms with Crippen molar-refractivity contribution in [3.8, 4) is 0 Å². The molecule has 14 heteroatoms. The molecule has 6 N–H and O–H groups in total. The molecule has 40 heavy (non-hydrogen) atoms. The predicted octanol–water partition coefficient (Wildman–Crippen LogP) is -0.209. The Balaban J connectivity index is 1.65. The molecule has 1 saturated carbocycles. The number of nitrogens with zero attached hydrogens (tertiary/aromatic N) is 1. The van der Waals surface area contributed by atoms with Gasteiger partial charge in [-0.05, 0) is 43.4 Å². The molecule has 0 saturated heterocycles. The molecule has 214 valence electrons. The number of amides is 7. The Morgan fingerprint density at radius 2 is 1.65 bits per heavy atom. The summed E-state index contributed by atoms with van der Waals surface area (Å²) in [6, 6.07) is 4.78. The third-order valence-corrected chi connectivity index (χ3v) is 6.63. The highest BCUT2D eigenvalue weighted by Crippen LogP contribution is 2.41. The highest BCUT2D eigenvalue weighted by molar-refractivity contribution is 6.13. The number of imide groups is 1. The highest BCUT2D eigenvalue weighted by atomic mass is 16.5. The Hall–Kier alpha value is -4.75. The minimum Gasteiger partial charge on any atom is -0.461 e. The van der Waals surface area contributed by atoms with Gasteiger partial charge < -0.3 is 31.7 Å². The van der Waals surface area contributed by atoms with E-state index in [9.17, 15) is 33.6 Å². The van der Waals surface area contributed by atoms with Gasteiger partial charge in [-0.15, -0.1) is 0 Å². The van der Waals surface area contributed by atoms with Crippen molar-refractivity contribution in [3.05, 3.63) is 42.0 Å². The summed E-state index contributed by atoms with van der Waals surface area (Å²) in [7, 11) is 0. The molecular weight excluding hydrogens is 524 g/mol. The van der Waals surface area contributed by atoms with E-state index in [-0.39, 0.29) is 39.1 Å². The summed E-state index contributed by atoms with van der Waals surface area (Å²) in [4.78, 5) is 85.9. The fourth-order valence-corrected chi connectivity index (χ4v) is 4.18. The summed E-state index contributed by atoms with van der Waals surface area (Å²) in [6.07, 6.45) is 3.66. The Bertz CT molecular complexity index is 1190. The average Bonchev–Trinajstić information content (AvgIpc) is 3.19. The standard InChI is InChI=1S/C26H32N6O8/c1-16(33)40-14-17-5-7-18(8-6-17)30-22(36)19(4-2-13-28-25(27)39)31-24(38)26(11-3-12-26)23(37)29-15-32-20(34)9-10-21(32)35/h5-10,19H,2-4,11-15H2,1H3,(H,29,37)(H,30,36)(H,31,38)(H3,27,28,39)/t19-/m0/s1. The summed E-state index contributed by atoms with van der Waals surface area (Å²) in [5, 5.41) is 10.3. The van der Waals surface area contributed by atoms with Gasteiger partial charge in [0.1, 0.15) is 24.7 Å². The Morgan fingerprint density at radius 3 is 2.20 bits per heavy atom. The normalized spacial score (nSPS) is 16.0. The first-order chi connectivity index (χ1) is 19.0. The maximum absolute atomic E-state index is 13.4. The number of carbonyl (C=O) groups is 7. The van der Waals surface area contributed by atoms with Crippen LogP contribution in [0.2, 0.25) is 0 Å². The molecule has 0 bridgehead atoms. The number of urea groups is 1. The Labute approximate surface area is 230 Å². The highest BCUT2D eigenvalue weighted by Gasteiger charge is 2.51. The van der Waals surface area contributed by atoms with E-state index >= 15 is 0 Å². The van der Waals surface area contributed by atoms with Crippen LogP contribution in [0.4, 0.5) is 10.5 Å². The fraction of sp³-hybridized carbons (Fsp3) is 0.423. The molecule has 1 fully saturated rings. The van der Waals surface area contributed by atoms with Gasteiger partial charge >= 0.3 is 12.0 Å². The zero-order chi connectivity index (χ0) is 29.3. The van der Waals surface area contributed by atoms with Crippen molar-refractivity contribution in [3.63, 3.8) is 0 Å². The molecule has 2 aliphatic rings. The topological polar surface area (TPSA) is 206 Å². The van der Waals surface area contributed by atoms with E-state index in [1.165, 1.54) is 6.92 Å². The number of ether oxygens (including phenoxy) is 1. The first kappa shape index (κ1) is 29.8. The van der Waals surface area contributed by atoms with E-state index in [2.05, 4.69) is 21.3 Å². The van der Waals surface area contributed by atoms with Crippen LogP contribution in [-0.2, 0) is 40.1 Å². The van der Waals surface area contributed by atoms with Crippen LogP contribution in [0.15, 0.2) is 36.4 Å². The number of anilines is 1. The van der Waals surface area contributed by atoms with E-state index < -0.39 is 53.0 Å². The molecular formula is C26H32N6O8. The molecule has 0 spiro atoms. The molecule has 1 heterocycles. The molecule has 14 nitrogen and oxygen atoms in total. The Morgan fingerprint density at radius 1 is 1.00 bits per heavy atom. The van der Waals surface area contributed by atoms with Gasteiger partial charge in [0.15, 0.2) is 0 Å². The maximum atomic E-state index is 13.4. The largest absolute Gasteiger partial charge is 0.461 e. The van der Waals surface area contributed by atoms with Crippen molar-refractivity contribution in [2.45, 2.75) is 51.7 Å². The summed E-state index contributed by atoms with van der Waals surface area (Å²) in [5.74, 6) is -3.42. The smallest absolute Gasteiger partial charge is 0.312 e. The second kappa shape index (κ2) is 13.4. The monoisotopic (exact) mass is 556 g/mol. The first-order valence-electron chi connectivity index (χ1n) is 12.7. The van der Waals surface area contributed by atoms with Crippen LogP contribution in [0.3, 0.4) is 0 Å². The first-order valence-corrected chi connectivity index (χ1v) is 12.7. The molecule has 1 aliphatic heterocycles. The average molecular weight is 557 g/mol. The van der Waals surface area contributed by atoms with Crippen LogP contribution in [0, 0.1) is 5.41 Å². The zero-order valence-electron chi connectivity index (χ0n) is 22.0. The van der Waals surface area contributed by atoms with Crippen molar-refractivity contribution >= 4 is 47.2 Å². The molecule has 1 atom stereocenters. The zero-order valence-corrected chi connectivity index (χ0v) is 22.0. The summed E-state index contributed by atoms with van der Waals surface area (Å²) >= 11 is 0. The van der Waals surface area contributed by atoms with Crippen molar-refractivity contribution in [2.24, 2.45) is 11.1 Å². The number of primary amides is 1. The SMILES string of the molecule is CC(=O)OCc1ccc(NC(=O)[C@H](CCCNC(N)=O)NC(=O)C2(C(=O)NCN3C(=O)C=CC3=O)CCC2)cc1. The van der Waals surface area contributed by atoms with Gasteiger partial charge in [0.25, 0.3) is 11.8 Å². The summed E-state index contributed by atoms with van der Waals surface area (Å²) in [6.45, 7) is 1.16. The van der Waals surface area contributed by atoms with Gasteiger partial charge in [0, 0.05) is 31.3 Å². The van der Waals surface area contributed by atoms with Gasteiger partial charge in [-0.3, -0.25) is 33.7 Å². The van der Waals surface area contributed by atoms with Gasteiger partial charge in [0.05, 0.1) is 0 Å². The molecule has 1 aromatic rings. The predicted molar refractivity (Wildman–Crippen MR) is 140 cm³/mol. The molecule has 1 aromatic carbocycles. The number of rotatable bonds is 13. The van der Waals surface area contributed by atoms with Crippen LogP contribution >= 0.6 is 0 Å². The summed E-state index contributed by atoms with van der Waals surface area (Å²) in [5.41, 5.74) is 4.77. The molecule has 7 amide bonds. The quantitative estimate of drug-likeness (QED) is 0.0948. The van der Waals surface area contributed by atoms with Crippen LogP contribution in [0.5, 0.6) is 0 Å². The number of hydrogen-bond donors (Lipinski definition) is 5. The minimum atomic E-state index is -1.46. The Kier molecular flexibility index (Phi) is 9.95. The molecule has 0 aromatic heterocycles. The van der Waals surface area contributed by atoms with Crippen molar-refractivity contribution in [2.75, 3.05) is 18.5 Å². The lowest BCUT2D eigenvalue weighted by Crippen LogP contribution is -2.59.